The molecule has 0 aliphatic rings. The molecule has 1 aromatic heterocycles. The molecule has 0 fully saturated rings. The number of hydrogen-bond donors (Lipinski definition) is 2. The second-order valence-corrected chi connectivity index (χ2v) is 6.59. The summed E-state index contributed by atoms with van der Waals surface area (Å²) in [5.41, 5.74) is 6.69. The number of anilines is 1. The first-order valence-electron chi connectivity index (χ1n) is 8.06. The standard InChI is InChI=1S/C20H18N4S/c1-24-19-13-12-16(15-8-4-2-5-9-15)14-18(19)20(22-24)21-23-25-17-10-6-3-7-11-17/h2-14,23H,1H3,(H,21,22). The van der Waals surface area contributed by atoms with Crippen LogP contribution in [0.25, 0.3) is 22.0 Å². The van der Waals surface area contributed by atoms with Gasteiger partial charge in [-0.05, 0) is 47.3 Å². The summed E-state index contributed by atoms with van der Waals surface area (Å²) in [4.78, 5) is 4.31. The molecule has 0 bridgehead atoms. The maximum absolute atomic E-state index is 4.59. The monoisotopic (exact) mass is 346 g/mol. The summed E-state index contributed by atoms with van der Waals surface area (Å²) in [5.74, 6) is 0.818. The predicted molar refractivity (Wildman–Crippen MR) is 105 cm³/mol. The molecule has 5 heteroatoms. The highest BCUT2D eigenvalue weighted by Crippen LogP contribution is 2.28. The minimum atomic E-state index is 0.818. The molecule has 0 aliphatic heterocycles. The molecule has 4 rings (SSSR count). The molecule has 2 N–H and O–H groups in total. The molecule has 25 heavy (non-hydrogen) atoms. The van der Waals surface area contributed by atoms with E-state index in [1.54, 1.807) is 0 Å². The lowest BCUT2D eigenvalue weighted by atomic mass is 10.0. The lowest BCUT2D eigenvalue weighted by Gasteiger charge is -2.06. The molecule has 0 atom stereocenters. The Labute approximate surface area is 151 Å². The van der Waals surface area contributed by atoms with Gasteiger partial charge in [0.2, 0.25) is 0 Å². The minimum absolute atomic E-state index is 0.818. The number of aryl methyl sites for hydroxylation is 1. The Bertz CT molecular complexity index is 981. The number of nitrogens with one attached hydrogen (secondary N) is 2. The number of hydrogen-bond acceptors (Lipinski definition) is 4. The van der Waals surface area contributed by atoms with Crippen molar-refractivity contribution in [2.45, 2.75) is 4.90 Å². The van der Waals surface area contributed by atoms with Gasteiger partial charge in [0.1, 0.15) is 0 Å². The summed E-state index contributed by atoms with van der Waals surface area (Å²) in [6, 6.07) is 27.0. The van der Waals surface area contributed by atoms with E-state index in [1.807, 2.05) is 36.0 Å². The summed E-state index contributed by atoms with van der Waals surface area (Å²) < 4.78 is 1.89. The smallest absolute Gasteiger partial charge is 0.170 e. The van der Waals surface area contributed by atoms with Crippen molar-refractivity contribution in [3.05, 3.63) is 78.9 Å². The lowest BCUT2D eigenvalue weighted by Crippen LogP contribution is -2.13. The van der Waals surface area contributed by atoms with Crippen LogP contribution in [0.2, 0.25) is 0 Å². The normalized spacial score (nSPS) is 10.9. The summed E-state index contributed by atoms with van der Waals surface area (Å²) in [6.07, 6.45) is 0. The van der Waals surface area contributed by atoms with E-state index in [0.717, 1.165) is 21.6 Å². The van der Waals surface area contributed by atoms with Gasteiger partial charge in [0.15, 0.2) is 5.82 Å². The molecule has 0 aliphatic carbocycles. The third-order valence-electron chi connectivity index (χ3n) is 4.04. The lowest BCUT2D eigenvalue weighted by molar-refractivity contribution is 0.797. The van der Waals surface area contributed by atoms with E-state index >= 15 is 0 Å². The Morgan fingerprint density at radius 3 is 2.32 bits per heavy atom. The van der Waals surface area contributed by atoms with Gasteiger partial charge in [0, 0.05) is 17.3 Å². The number of nitrogens with zero attached hydrogens (tertiary/aromatic N) is 2. The van der Waals surface area contributed by atoms with Crippen molar-refractivity contribution in [2.75, 3.05) is 5.43 Å². The molecule has 0 amide bonds. The molecule has 0 saturated carbocycles. The maximum Gasteiger partial charge on any atom is 0.170 e. The van der Waals surface area contributed by atoms with Gasteiger partial charge in [-0.3, -0.25) is 10.1 Å². The van der Waals surface area contributed by atoms with Gasteiger partial charge in [-0.15, -0.1) is 0 Å². The van der Waals surface area contributed by atoms with Crippen molar-refractivity contribution in [1.29, 1.82) is 0 Å². The molecule has 1 heterocycles. The molecule has 4 nitrogen and oxygen atoms in total. The zero-order valence-electron chi connectivity index (χ0n) is 13.8. The zero-order valence-corrected chi connectivity index (χ0v) is 14.6. The van der Waals surface area contributed by atoms with Gasteiger partial charge in [-0.1, -0.05) is 54.6 Å². The molecule has 0 radical (unpaired) electrons. The highest BCUT2D eigenvalue weighted by molar-refractivity contribution is 7.97. The molecule has 4 aromatic rings. The molecule has 0 saturated heterocycles. The second-order valence-electron chi connectivity index (χ2n) is 5.71. The number of aromatic nitrogens is 2. The van der Waals surface area contributed by atoms with Crippen LogP contribution >= 0.6 is 11.9 Å². The van der Waals surface area contributed by atoms with E-state index in [1.165, 1.54) is 23.1 Å². The molecule has 124 valence electrons. The summed E-state index contributed by atoms with van der Waals surface area (Å²) in [7, 11) is 1.96. The van der Waals surface area contributed by atoms with Crippen LogP contribution < -0.4 is 10.3 Å². The van der Waals surface area contributed by atoms with Crippen LogP contribution in [0.4, 0.5) is 5.82 Å². The SMILES string of the molecule is Cn1nc(NNSc2ccccc2)c2cc(-c3ccccc3)ccc21. The van der Waals surface area contributed by atoms with Crippen LogP contribution in [-0.4, -0.2) is 9.78 Å². The van der Waals surface area contributed by atoms with E-state index in [4.69, 9.17) is 0 Å². The molecule has 0 spiro atoms. The van der Waals surface area contributed by atoms with Crippen LogP contribution in [-0.2, 0) is 7.05 Å². The highest BCUT2D eigenvalue weighted by atomic mass is 32.2. The Kier molecular flexibility index (Phi) is 4.41. The summed E-state index contributed by atoms with van der Waals surface area (Å²) in [5, 5.41) is 5.67. The van der Waals surface area contributed by atoms with Crippen molar-refractivity contribution in [1.82, 2.24) is 14.6 Å². The number of rotatable bonds is 5. The Hall–Kier alpha value is -2.76. The highest BCUT2D eigenvalue weighted by Gasteiger charge is 2.10. The van der Waals surface area contributed by atoms with Crippen molar-refractivity contribution >= 4 is 28.7 Å². The largest absolute Gasteiger partial charge is 0.294 e. The first-order chi connectivity index (χ1) is 12.3. The molecular formula is C20H18N4S. The third kappa shape index (κ3) is 3.38. The van der Waals surface area contributed by atoms with Gasteiger partial charge < -0.3 is 0 Å². The van der Waals surface area contributed by atoms with Gasteiger partial charge in [0.25, 0.3) is 0 Å². The molecule has 0 unspecified atom stereocenters. The van der Waals surface area contributed by atoms with Gasteiger partial charge in [0.05, 0.1) is 5.52 Å². The average molecular weight is 346 g/mol. The van der Waals surface area contributed by atoms with Crippen molar-refractivity contribution in [3.63, 3.8) is 0 Å². The van der Waals surface area contributed by atoms with Gasteiger partial charge in [-0.25, -0.2) is 0 Å². The number of fused-ring (bicyclic) bond motifs is 1. The first kappa shape index (κ1) is 15.7. The fraction of sp³-hybridized carbons (Fsp3) is 0.0500. The number of benzene rings is 3. The predicted octanol–water partition coefficient (Wildman–Crippen LogP) is 4.86. The quantitative estimate of drug-likeness (QED) is 0.400. The fourth-order valence-corrected chi connectivity index (χ4v) is 3.35. The number of hydrazine groups is 1. The minimum Gasteiger partial charge on any atom is -0.294 e. The van der Waals surface area contributed by atoms with E-state index in [2.05, 4.69) is 70.0 Å². The third-order valence-corrected chi connectivity index (χ3v) is 4.75. The summed E-state index contributed by atoms with van der Waals surface area (Å²) >= 11 is 1.52. The summed E-state index contributed by atoms with van der Waals surface area (Å²) in [6.45, 7) is 0. The van der Waals surface area contributed by atoms with Crippen LogP contribution in [0.3, 0.4) is 0 Å². The van der Waals surface area contributed by atoms with Crippen LogP contribution in [0.1, 0.15) is 0 Å². The van der Waals surface area contributed by atoms with Crippen LogP contribution in [0.5, 0.6) is 0 Å². The Balaban J connectivity index is 1.60. The zero-order chi connectivity index (χ0) is 17.1. The topological polar surface area (TPSA) is 41.9 Å². The van der Waals surface area contributed by atoms with Crippen molar-refractivity contribution < 1.29 is 0 Å². The maximum atomic E-state index is 4.59. The van der Waals surface area contributed by atoms with Gasteiger partial charge >= 0.3 is 0 Å². The van der Waals surface area contributed by atoms with E-state index in [9.17, 15) is 0 Å². The average Bonchev–Trinajstić information content (AvgIpc) is 2.99. The second kappa shape index (κ2) is 7.01. The van der Waals surface area contributed by atoms with Crippen molar-refractivity contribution in [2.24, 2.45) is 7.05 Å². The van der Waals surface area contributed by atoms with Crippen LogP contribution in [0.15, 0.2) is 83.8 Å². The molecular weight excluding hydrogens is 328 g/mol. The fourth-order valence-electron chi connectivity index (χ4n) is 2.79. The molecule has 3 aromatic carbocycles. The Morgan fingerprint density at radius 1 is 0.840 bits per heavy atom. The van der Waals surface area contributed by atoms with E-state index in [0.29, 0.717) is 0 Å². The first-order valence-corrected chi connectivity index (χ1v) is 8.88. The van der Waals surface area contributed by atoms with Crippen molar-refractivity contribution in [3.8, 4) is 11.1 Å². The van der Waals surface area contributed by atoms with E-state index < -0.39 is 0 Å². The van der Waals surface area contributed by atoms with Gasteiger partial charge in [-0.2, -0.15) is 9.93 Å². The van der Waals surface area contributed by atoms with Crippen LogP contribution in [0, 0.1) is 0 Å². The Morgan fingerprint density at radius 2 is 1.56 bits per heavy atom. The van der Waals surface area contributed by atoms with E-state index in [-0.39, 0.29) is 0 Å².